The zero-order valence-electron chi connectivity index (χ0n) is 4.74. The fourth-order valence-electron chi connectivity index (χ4n) is 0.564. The van der Waals surface area contributed by atoms with E-state index in [0.717, 1.165) is 0 Å². The standard InChI is InChI=1S/C6H7NOS/c7-5-3-1-2-4-6(5)8-9/h1-4,9H,7H2. The van der Waals surface area contributed by atoms with E-state index in [4.69, 9.17) is 5.73 Å². The Labute approximate surface area is 59.2 Å². The first-order valence-corrected chi connectivity index (χ1v) is 2.87. The number of hydrogen-bond acceptors (Lipinski definition) is 3. The summed E-state index contributed by atoms with van der Waals surface area (Å²) in [7, 11) is 0. The zero-order valence-corrected chi connectivity index (χ0v) is 5.64. The molecule has 3 heteroatoms. The van der Waals surface area contributed by atoms with Crippen molar-refractivity contribution in [3.63, 3.8) is 0 Å². The molecule has 0 aliphatic carbocycles. The summed E-state index contributed by atoms with van der Waals surface area (Å²) in [6.07, 6.45) is 0. The molecular weight excluding hydrogens is 134 g/mol. The first kappa shape index (κ1) is 6.29. The fourth-order valence-corrected chi connectivity index (χ4v) is 0.730. The monoisotopic (exact) mass is 141 g/mol. The maximum atomic E-state index is 5.46. The molecule has 2 N–H and O–H groups in total. The second kappa shape index (κ2) is 2.64. The van der Waals surface area contributed by atoms with Crippen LogP contribution in [-0.2, 0) is 0 Å². The lowest BCUT2D eigenvalue weighted by Crippen LogP contribution is -1.86. The van der Waals surface area contributed by atoms with E-state index in [0.29, 0.717) is 11.4 Å². The van der Waals surface area contributed by atoms with Crippen molar-refractivity contribution in [1.29, 1.82) is 0 Å². The Morgan fingerprint density at radius 3 is 2.44 bits per heavy atom. The summed E-state index contributed by atoms with van der Waals surface area (Å²) in [5.41, 5.74) is 6.06. The van der Waals surface area contributed by atoms with E-state index in [1.54, 1.807) is 12.1 Å². The number of rotatable bonds is 1. The van der Waals surface area contributed by atoms with Crippen LogP contribution in [0.3, 0.4) is 0 Å². The van der Waals surface area contributed by atoms with Gasteiger partial charge >= 0.3 is 0 Å². The molecule has 0 aliphatic rings. The minimum atomic E-state index is 0.598. The molecule has 0 radical (unpaired) electrons. The summed E-state index contributed by atoms with van der Waals surface area (Å²) in [5.74, 6) is 0.598. The normalized spacial score (nSPS) is 9.00. The third-order valence-electron chi connectivity index (χ3n) is 1.02. The highest BCUT2D eigenvalue weighted by Gasteiger charge is 1.92. The van der Waals surface area contributed by atoms with Crippen LogP contribution < -0.4 is 9.92 Å². The van der Waals surface area contributed by atoms with Crippen molar-refractivity contribution in [3.05, 3.63) is 24.3 Å². The van der Waals surface area contributed by atoms with Gasteiger partial charge < -0.3 is 9.92 Å². The molecule has 0 fully saturated rings. The Balaban J connectivity index is 3.01. The van der Waals surface area contributed by atoms with Gasteiger partial charge in [0.25, 0.3) is 0 Å². The van der Waals surface area contributed by atoms with E-state index in [2.05, 4.69) is 17.1 Å². The maximum absolute atomic E-state index is 5.46. The van der Waals surface area contributed by atoms with Crippen LogP contribution in [0.4, 0.5) is 5.69 Å². The van der Waals surface area contributed by atoms with E-state index in [9.17, 15) is 0 Å². The molecule has 1 rings (SSSR count). The molecule has 0 atom stereocenters. The van der Waals surface area contributed by atoms with Crippen LogP contribution in [0.1, 0.15) is 0 Å². The molecular formula is C6H7NOS. The van der Waals surface area contributed by atoms with E-state index < -0.39 is 0 Å². The van der Waals surface area contributed by atoms with Crippen LogP contribution in [0.5, 0.6) is 5.75 Å². The lowest BCUT2D eigenvalue weighted by atomic mass is 10.3. The first-order valence-electron chi connectivity index (χ1n) is 2.50. The smallest absolute Gasteiger partial charge is 0.159 e. The fraction of sp³-hybridized carbons (Fsp3) is 0. The van der Waals surface area contributed by atoms with Crippen molar-refractivity contribution in [2.45, 2.75) is 0 Å². The molecule has 0 unspecified atom stereocenters. The average Bonchev–Trinajstić information content (AvgIpc) is 1.89. The van der Waals surface area contributed by atoms with Crippen LogP contribution in [-0.4, -0.2) is 0 Å². The molecule has 0 bridgehead atoms. The predicted molar refractivity (Wildman–Crippen MR) is 40.5 cm³/mol. The SMILES string of the molecule is Nc1ccccc1OS. The Morgan fingerprint density at radius 1 is 1.33 bits per heavy atom. The molecule has 2 nitrogen and oxygen atoms in total. The second-order valence-electron chi connectivity index (χ2n) is 1.63. The van der Waals surface area contributed by atoms with E-state index >= 15 is 0 Å². The van der Waals surface area contributed by atoms with Crippen LogP contribution in [0.2, 0.25) is 0 Å². The summed E-state index contributed by atoms with van der Waals surface area (Å²) >= 11 is 3.60. The largest absolute Gasteiger partial charge is 0.427 e. The topological polar surface area (TPSA) is 35.2 Å². The quantitative estimate of drug-likeness (QED) is 0.353. The lowest BCUT2D eigenvalue weighted by Gasteiger charge is -1.98. The molecule has 9 heavy (non-hydrogen) atoms. The van der Waals surface area contributed by atoms with Gasteiger partial charge in [0.05, 0.1) is 5.69 Å². The van der Waals surface area contributed by atoms with E-state index in [-0.39, 0.29) is 0 Å². The minimum absolute atomic E-state index is 0.598. The first-order chi connectivity index (χ1) is 4.34. The Bertz CT molecular complexity index is 202. The highest BCUT2D eigenvalue weighted by Crippen LogP contribution is 2.19. The van der Waals surface area contributed by atoms with Gasteiger partial charge in [-0.1, -0.05) is 12.1 Å². The number of hydrogen-bond donors (Lipinski definition) is 2. The van der Waals surface area contributed by atoms with Crippen LogP contribution in [0.15, 0.2) is 24.3 Å². The predicted octanol–water partition coefficient (Wildman–Crippen LogP) is 1.49. The Hall–Kier alpha value is -0.830. The highest BCUT2D eigenvalue weighted by atomic mass is 32.1. The van der Waals surface area contributed by atoms with Gasteiger partial charge in [-0.15, -0.1) is 0 Å². The summed E-state index contributed by atoms with van der Waals surface area (Å²) < 4.78 is 4.61. The van der Waals surface area contributed by atoms with Gasteiger partial charge in [0.15, 0.2) is 5.75 Å². The molecule has 0 aromatic heterocycles. The van der Waals surface area contributed by atoms with Crippen LogP contribution in [0.25, 0.3) is 0 Å². The number of anilines is 1. The van der Waals surface area contributed by atoms with E-state index in [1.165, 1.54) is 0 Å². The molecule has 1 aromatic carbocycles. The van der Waals surface area contributed by atoms with Gasteiger partial charge in [-0.25, -0.2) is 0 Å². The summed E-state index contributed by atoms with van der Waals surface area (Å²) in [6.45, 7) is 0. The summed E-state index contributed by atoms with van der Waals surface area (Å²) in [4.78, 5) is 0. The number of nitrogen functional groups attached to an aromatic ring is 1. The molecule has 0 heterocycles. The lowest BCUT2D eigenvalue weighted by molar-refractivity contribution is 0.662. The van der Waals surface area contributed by atoms with Crippen LogP contribution >= 0.6 is 12.9 Å². The molecule has 0 amide bonds. The number of para-hydroxylation sites is 2. The van der Waals surface area contributed by atoms with E-state index in [1.807, 2.05) is 12.1 Å². The minimum Gasteiger partial charge on any atom is -0.427 e. The third kappa shape index (κ3) is 1.29. The molecule has 0 aliphatic heterocycles. The molecule has 1 aromatic rings. The van der Waals surface area contributed by atoms with Crippen molar-refractivity contribution in [1.82, 2.24) is 0 Å². The van der Waals surface area contributed by atoms with Crippen LogP contribution in [0, 0.1) is 0 Å². The van der Waals surface area contributed by atoms with Crippen molar-refractivity contribution in [3.8, 4) is 5.75 Å². The van der Waals surface area contributed by atoms with Gasteiger partial charge in [-0.2, -0.15) is 0 Å². The van der Waals surface area contributed by atoms with Gasteiger partial charge in [0.1, 0.15) is 0 Å². The third-order valence-corrected chi connectivity index (χ3v) is 1.21. The highest BCUT2D eigenvalue weighted by molar-refractivity contribution is 7.75. The zero-order chi connectivity index (χ0) is 6.69. The van der Waals surface area contributed by atoms with Crippen molar-refractivity contribution in [2.75, 3.05) is 5.73 Å². The van der Waals surface area contributed by atoms with Crippen molar-refractivity contribution >= 4 is 18.6 Å². The second-order valence-corrected chi connectivity index (χ2v) is 1.81. The van der Waals surface area contributed by atoms with Crippen molar-refractivity contribution in [2.24, 2.45) is 0 Å². The number of benzene rings is 1. The number of nitrogens with two attached hydrogens (primary N) is 1. The Morgan fingerprint density at radius 2 is 2.00 bits per heavy atom. The molecule has 0 saturated carbocycles. The maximum Gasteiger partial charge on any atom is 0.159 e. The van der Waals surface area contributed by atoms with Gasteiger partial charge in [-0.05, 0) is 12.1 Å². The average molecular weight is 141 g/mol. The molecule has 0 spiro atoms. The summed E-state index contributed by atoms with van der Waals surface area (Å²) in [5, 5.41) is 0. The van der Waals surface area contributed by atoms with Gasteiger partial charge in [0.2, 0.25) is 0 Å². The van der Waals surface area contributed by atoms with Gasteiger partial charge in [0, 0.05) is 12.9 Å². The Kier molecular flexibility index (Phi) is 1.85. The molecule has 48 valence electrons. The number of thiol groups is 1. The summed E-state index contributed by atoms with van der Waals surface area (Å²) in [6, 6.07) is 7.18. The van der Waals surface area contributed by atoms with Crippen molar-refractivity contribution < 1.29 is 4.18 Å². The molecule has 0 saturated heterocycles. The van der Waals surface area contributed by atoms with Gasteiger partial charge in [-0.3, -0.25) is 0 Å².